The zero-order valence-corrected chi connectivity index (χ0v) is 30.7. The summed E-state index contributed by atoms with van der Waals surface area (Å²) < 4.78 is 6.14. The number of furan rings is 1. The van der Waals surface area contributed by atoms with Gasteiger partial charge in [0.25, 0.3) is 0 Å². The third-order valence-corrected chi connectivity index (χ3v) is 9.35. The van der Waals surface area contributed by atoms with Crippen LogP contribution in [0, 0.1) is 19.1 Å². The van der Waals surface area contributed by atoms with E-state index >= 15 is 0 Å². The van der Waals surface area contributed by atoms with E-state index in [0.29, 0.717) is 5.92 Å². The third-order valence-electron chi connectivity index (χ3n) is 9.35. The third kappa shape index (κ3) is 6.90. The van der Waals surface area contributed by atoms with E-state index in [2.05, 4.69) is 140 Å². The number of hydrogen-bond donors (Lipinski definition) is 0. The molecule has 0 spiro atoms. The van der Waals surface area contributed by atoms with Gasteiger partial charge in [0.05, 0.1) is 5.58 Å². The molecular formula is C47H34IrN2O-2. The average Bonchev–Trinajstić information content (AvgIpc) is 3.58. The van der Waals surface area contributed by atoms with Gasteiger partial charge in [-0.3, -0.25) is 0 Å². The smallest absolute Gasteiger partial charge is 0.120 e. The second-order valence-electron chi connectivity index (χ2n) is 12.5. The van der Waals surface area contributed by atoms with Gasteiger partial charge in [-0.15, -0.1) is 47.3 Å². The van der Waals surface area contributed by atoms with Crippen molar-refractivity contribution in [1.29, 1.82) is 0 Å². The van der Waals surface area contributed by atoms with E-state index in [9.17, 15) is 0 Å². The van der Waals surface area contributed by atoms with Gasteiger partial charge < -0.3 is 14.4 Å². The maximum absolute atomic E-state index is 6.14. The van der Waals surface area contributed by atoms with Gasteiger partial charge in [-0.2, -0.15) is 0 Å². The van der Waals surface area contributed by atoms with Gasteiger partial charge >= 0.3 is 0 Å². The fourth-order valence-corrected chi connectivity index (χ4v) is 6.59. The number of benzene rings is 6. The van der Waals surface area contributed by atoms with Crippen molar-refractivity contribution >= 4 is 32.7 Å². The van der Waals surface area contributed by atoms with Crippen LogP contribution in [0.5, 0.6) is 0 Å². The second-order valence-corrected chi connectivity index (χ2v) is 12.5. The van der Waals surface area contributed by atoms with Crippen molar-refractivity contribution in [1.82, 2.24) is 9.97 Å². The second kappa shape index (κ2) is 15.1. The molecule has 51 heavy (non-hydrogen) atoms. The van der Waals surface area contributed by atoms with Gasteiger partial charge in [0, 0.05) is 43.8 Å². The van der Waals surface area contributed by atoms with Crippen LogP contribution in [0.15, 0.2) is 168 Å². The zero-order chi connectivity index (χ0) is 33.9. The van der Waals surface area contributed by atoms with E-state index in [1.54, 1.807) is 0 Å². The Morgan fingerprint density at radius 1 is 0.569 bits per heavy atom. The fourth-order valence-electron chi connectivity index (χ4n) is 6.59. The molecule has 0 aliphatic rings. The first-order chi connectivity index (χ1) is 24.6. The Kier molecular flexibility index (Phi) is 9.99. The maximum atomic E-state index is 6.14. The minimum atomic E-state index is 0. The number of fused-ring (bicyclic) bond motifs is 4. The maximum Gasteiger partial charge on any atom is 0.120 e. The van der Waals surface area contributed by atoms with Crippen LogP contribution in [0.1, 0.15) is 29.5 Å². The van der Waals surface area contributed by atoms with E-state index in [1.165, 1.54) is 33.0 Å². The number of para-hydroxylation sites is 1. The molecule has 0 aliphatic carbocycles. The van der Waals surface area contributed by atoms with Crippen molar-refractivity contribution in [2.45, 2.75) is 19.8 Å². The topological polar surface area (TPSA) is 38.9 Å². The molecule has 249 valence electrons. The van der Waals surface area contributed by atoms with Crippen LogP contribution in [0.4, 0.5) is 0 Å². The number of aryl methyl sites for hydroxylation is 1. The largest absolute Gasteiger partial charge is 0.501 e. The predicted octanol–water partition coefficient (Wildman–Crippen LogP) is 12.3. The van der Waals surface area contributed by atoms with Crippen LogP contribution in [0.25, 0.3) is 66.4 Å². The molecule has 1 atom stereocenters. The van der Waals surface area contributed by atoms with E-state index in [0.717, 1.165) is 50.0 Å². The number of pyridine rings is 2. The standard InChI is InChI=1S/C24H16NO.C23H18N.Ir/c1-16-15-25-22(14-21(16)17-8-3-2-4-9-17)20-12-7-11-19-18-10-5-6-13-23(18)26-24(19)20;1-17(18-8-3-2-4-9-18)20-14-15-23(24-16-20)22-13-7-11-19-10-5-6-12-21(19)22;/h2-11,13-15H,1H3;2-12,14-17H,1H3;/q2*-1;. The molecule has 4 heteroatoms. The Labute approximate surface area is 312 Å². The Balaban J connectivity index is 0.000000157. The molecule has 0 aliphatic heterocycles. The van der Waals surface area contributed by atoms with Crippen LogP contribution < -0.4 is 0 Å². The molecule has 6 aromatic carbocycles. The van der Waals surface area contributed by atoms with Crippen LogP contribution in [-0.4, -0.2) is 9.97 Å². The van der Waals surface area contributed by atoms with E-state index < -0.39 is 0 Å². The van der Waals surface area contributed by atoms with Crippen molar-refractivity contribution in [3.63, 3.8) is 0 Å². The number of rotatable bonds is 5. The van der Waals surface area contributed by atoms with Crippen LogP contribution in [0.3, 0.4) is 0 Å². The summed E-state index contributed by atoms with van der Waals surface area (Å²) in [4.78, 5) is 9.38. The van der Waals surface area contributed by atoms with Gasteiger partial charge in [0.2, 0.25) is 0 Å². The van der Waals surface area contributed by atoms with Crippen molar-refractivity contribution in [2.24, 2.45) is 0 Å². The zero-order valence-electron chi connectivity index (χ0n) is 28.3. The molecule has 1 radical (unpaired) electrons. The Morgan fingerprint density at radius 3 is 2.02 bits per heavy atom. The summed E-state index contributed by atoms with van der Waals surface area (Å²) in [6.45, 7) is 4.31. The van der Waals surface area contributed by atoms with Gasteiger partial charge in [-0.05, 0) is 52.2 Å². The molecule has 1 unspecified atom stereocenters. The number of aromatic nitrogens is 2. The fraction of sp³-hybridized carbons (Fsp3) is 0.0638. The number of hydrogen-bond acceptors (Lipinski definition) is 3. The van der Waals surface area contributed by atoms with Gasteiger partial charge in [-0.25, -0.2) is 0 Å². The molecule has 3 heterocycles. The van der Waals surface area contributed by atoms with Crippen LogP contribution in [-0.2, 0) is 20.1 Å². The molecule has 0 bridgehead atoms. The van der Waals surface area contributed by atoms with Crippen LogP contribution in [0.2, 0.25) is 0 Å². The van der Waals surface area contributed by atoms with Crippen molar-refractivity contribution in [2.75, 3.05) is 0 Å². The molecule has 0 amide bonds. The summed E-state index contributed by atoms with van der Waals surface area (Å²) >= 11 is 0. The average molecular weight is 835 g/mol. The Bertz CT molecular complexity index is 2550. The minimum absolute atomic E-state index is 0. The molecule has 0 saturated carbocycles. The summed E-state index contributed by atoms with van der Waals surface area (Å²) in [6.07, 6.45) is 3.91. The van der Waals surface area contributed by atoms with Gasteiger partial charge in [0.15, 0.2) is 0 Å². The van der Waals surface area contributed by atoms with Gasteiger partial charge in [-0.1, -0.05) is 145 Å². The first-order valence-electron chi connectivity index (χ1n) is 16.9. The molecule has 0 fully saturated rings. The SMILES string of the molecule is CC(c1ccccc1)c1ccc(-c2[c-]ccc3ccccc23)nc1.Cc1cnc(-c2[c-]ccc3c2oc2ccccc23)cc1-c1ccccc1.[Ir]. The first kappa shape index (κ1) is 33.8. The van der Waals surface area contributed by atoms with E-state index in [1.807, 2.05) is 54.9 Å². The molecule has 3 aromatic heterocycles. The van der Waals surface area contributed by atoms with E-state index in [-0.39, 0.29) is 20.1 Å². The van der Waals surface area contributed by atoms with Crippen molar-refractivity contribution in [3.8, 4) is 33.6 Å². The van der Waals surface area contributed by atoms with E-state index in [4.69, 9.17) is 9.40 Å². The Hall–Kier alpha value is -5.67. The summed E-state index contributed by atoms with van der Waals surface area (Å²) in [5.41, 5.74) is 11.6. The molecule has 3 nitrogen and oxygen atoms in total. The number of nitrogens with zero attached hydrogens (tertiary/aromatic N) is 2. The normalized spacial score (nSPS) is 11.5. The first-order valence-corrected chi connectivity index (χ1v) is 16.9. The quantitative estimate of drug-likeness (QED) is 0.162. The molecule has 0 saturated heterocycles. The molecule has 9 rings (SSSR count). The van der Waals surface area contributed by atoms with Crippen molar-refractivity contribution in [3.05, 3.63) is 193 Å². The summed E-state index contributed by atoms with van der Waals surface area (Å²) in [7, 11) is 0. The molecule has 0 N–H and O–H groups in total. The monoisotopic (exact) mass is 835 g/mol. The summed E-state index contributed by atoms with van der Waals surface area (Å²) in [6, 6.07) is 58.6. The van der Waals surface area contributed by atoms with Gasteiger partial charge in [0.1, 0.15) is 5.58 Å². The summed E-state index contributed by atoms with van der Waals surface area (Å²) in [5.74, 6) is 0.337. The molecule has 9 aromatic rings. The molecular weight excluding hydrogens is 801 g/mol. The van der Waals surface area contributed by atoms with Crippen molar-refractivity contribution < 1.29 is 24.5 Å². The summed E-state index contributed by atoms with van der Waals surface area (Å²) in [5, 5.41) is 4.62. The minimum Gasteiger partial charge on any atom is -0.501 e. The predicted molar refractivity (Wildman–Crippen MR) is 206 cm³/mol. The Morgan fingerprint density at radius 2 is 1.24 bits per heavy atom. The van der Waals surface area contributed by atoms with Crippen LogP contribution >= 0.6 is 0 Å².